The van der Waals surface area contributed by atoms with Crippen molar-refractivity contribution in [2.75, 3.05) is 0 Å². The highest BCUT2D eigenvalue weighted by Crippen LogP contribution is 2.40. The first-order chi connectivity index (χ1) is 8.16. The van der Waals surface area contributed by atoms with Crippen molar-refractivity contribution in [1.29, 1.82) is 0 Å². The Morgan fingerprint density at radius 2 is 2.24 bits per heavy atom. The van der Waals surface area contributed by atoms with Crippen LogP contribution in [0.1, 0.15) is 24.6 Å². The molecule has 1 heterocycles. The van der Waals surface area contributed by atoms with Crippen LogP contribution in [0.2, 0.25) is 5.02 Å². The number of nitrogens with zero attached hydrogens (tertiary/aromatic N) is 2. The first kappa shape index (κ1) is 11.4. The van der Waals surface area contributed by atoms with Crippen molar-refractivity contribution in [1.82, 2.24) is 14.8 Å². The van der Waals surface area contributed by atoms with Crippen LogP contribution in [0.3, 0.4) is 0 Å². The molecule has 0 spiro atoms. The molecule has 2 aromatic rings. The molecule has 1 N–H and O–H groups in total. The van der Waals surface area contributed by atoms with E-state index in [1.165, 1.54) is 12.8 Å². The van der Waals surface area contributed by atoms with Crippen LogP contribution >= 0.6 is 39.7 Å². The maximum atomic E-state index is 6.23. The average molecular weight is 331 g/mol. The Bertz CT molecular complexity index is 630. The second-order valence-corrected chi connectivity index (χ2v) is 5.80. The van der Waals surface area contributed by atoms with E-state index in [9.17, 15) is 0 Å². The van der Waals surface area contributed by atoms with Gasteiger partial charge in [-0.15, -0.1) is 0 Å². The van der Waals surface area contributed by atoms with E-state index in [0.29, 0.717) is 15.7 Å². The predicted octanol–water partition coefficient (Wildman–Crippen LogP) is 4.22. The molecule has 3 rings (SSSR count). The summed E-state index contributed by atoms with van der Waals surface area (Å²) in [5, 5.41) is 7.82. The molecule has 88 valence electrons. The molecule has 17 heavy (non-hydrogen) atoms. The van der Waals surface area contributed by atoms with Crippen molar-refractivity contribution in [2.24, 2.45) is 0 Å². The van der Waals surface area contributed by atoms with Gasteiger partial charge in [-0.2, -0.15) is 5.10 Å². The number of aromatic amines is 1. The van der Waals surface area contributed by atoms with Gasteiger partial charge in [0.05, 0.1) is 10.7 Å². The molecule has 3 nitrogen and oxygen atoms in total. The van der Waals surface area contributed by atoms with Gasteiger partial charge in [0, 0.05) is 10.4 Å². The Morgan fingerprint density at radius 1 is 1.47 bits per heavy atom. The summed E-state index contributed by atoms with van der Waals surface area (Å²) in [5.74, 6) is 1.49. The lowest BCUT2D eigenvalue weighted by molar-refractivity contribution is 0.868. The summed E-state index contributed by atoms with van der Waals surface area (Å²) in [7, 11) is 0. The van der Waals surface area contributed by atoms with Crippen molar-refractivity contribution >= 4 is 39.7 Å². The van der Waals surface area contributed by atoms with Crippen LogP contribution in [-0.4, -0.2) is 14.8 Å². The Balaban J connectivity index is 2.23. The molecule has 1 aromatic heterocycles. The number of H-pyrrole nitrogens is 1. The number of nitrogens with one attached hydrogen (secondary N) is 1. The third-order valence-corrected chi connectivity index (χ3v) is 3.88. The fourth-order valence-electron chi connectivity index (χ4n) is 1.81. The Hall–Kier alpha value is -0.650. The minimum absolute atomic E-state index is 0.512. The summed E-state index contributed by atoms with van der Waals surface area (Å²) in [6.45, 7) is 0. The van der Waals surface area contributed by atoms with Crippen molar-refractivity contribution in [3.8, 4) is 5.69 Å². The molecule has 0 saturated heterocycles. The van der Waals surface area contributed by atoms with Crippen LogP contribution in [0.25, 0.3) is 5.69 Å². The van der Waals surface area contributed by atoms with Crippen LogP contribution in [0.4, 0.5) is 0 Å². The number of hydrogen-bond donors (Lipinski definition) is 1. The summed E-state index contributed by atoms with van der Waals surface area (Å²) < 4.78 is 3.49. The predicted molar refractivity (Wildman–Crippen MR) is 73.4 cm³/mol. The molecular formula is C11H9BrClN3S. The van der Waals surface area contributed by atoms with E-state index in [-0.39, 0.29) is 0 Å². The van der Waals surface area contributed by atoms with Gasteiger partial charge in [0.25, 0.3) is 0 Å². The minimum atomic E-state index is 0.512. The molecule has 0 aliphatic heterocycles. The van der Waals surface area contributed by atoms with E-state index >= 15 is 0 Å². The lowest BCUT2D eigenvalue weighted by Crippen LogP contribution is -2.01. The highest BCUT2D eigenvalue weighted by molar-refractivity contribution is 9.10. The lowest BCUT2D eigenvalue weighted by Gasteiger charge is -2.08. The number of benzene rings is 1. The minimum Gasteiger partial charge on any atom is -0.270 e. The molecule has 1 aromatic carbocycles. The van der Waals surface area contributed by atoms with Gasteiger partial charge in [-0.3, -0.25) is 9.67 Å². The number of aromatic nitrogens is 3. The molecule has 1 aliphatic carbocycles. The van der Waals surface area contributed by atoms with E-state index in [1.807, 2.05) is 22.8 Å². The molecular weight excluding hydrogens is 322 g/mol. The van der Waals surface area contributed by atoms with Gasteiger partial charge in [0.1, 0.15) is 5.82 Å². The molecule has 1 fully saturated rings. The highest BCUT2D eigenvalue weighted by atomic mass is 79.9. The first-order valence-corrected chi connectivity index (χ1v) is 6.87. The number of hydrogen-bond acceptors (Lipinski definition) is 2. The summed E-state index contributed by atoms with van der Waals surface area (Å²) >= 11 is 14.9. The highest BCUT2D eigenvalue weighted by Gasteiger charge is 2.29. The van der Waals surface area contributed by atoms with Crippen molar-refractivity contribution in [3.63, 3.8) is 0 Å². The molecule has 6 heteroatoms. The lowest BCUT2D eigenvalue weighted by atomic mass is 10.3. The Kier molecular flexibility index (Phi) is 2.84. The van der Waals surface area contributed by atoms with Gasteiger partial charge in [0.15, 0.2) is 4.77 Å². The van der Waals surface area contributed by atoms with E-state index in [1.54, 1.807) is 0 Å². The molecule has 0 bridgehead atoms. The Labute approximate surface area is 117 Å². The SMILES string of the molecule is S=c1[nH]nc(C2CC2)n1-c1cc(Br)ccc1Cl. The second-order valence-electron chi connectivity index (χ2n) is 4.09. The molecule has 0 atom stereocenters. The summed E-state index contributed by atoms with van der Waals surface area (Å²) in [6.07, 6.45) is 2.34. The van der Waals surface area contributed by atoms with E-state index in [2.05, 4.69) is 26.1 Å². The maximum Gasteiger partial charge on any atom is 0.199 e. The fraction of sp³-hybridized carbons (Fsp3) is 0.273. The monoisotopic (exact) mass is 329 g/mol. The first-order valence-electron chi connectivity index (χ1n) is 5.29. The van der Waals surface area contributed by atoms with Gasteiger partial charge >= 0.3 is 0 Å². The summed E-state index contributed by atoms with van der Waals surface area (Å²) in [5.41, 5.74) is 0.877. The van der Waals surface area contributed by atoms with E-state index in [0.717, 1.165) is 16.0 Å². The maximum absolute atomic E-state index is 6.23. The largest absolute Gasteiger partial charge is 0.270 e. The van der Waals surface area contributed by atoms with Crippen LogP contribution in [0.5, 0.6) is 0 Å². The van der Waals surface area contributed by atoms with Crippen molar-refractivity contribution in [3.05, 3.63) is 38.3 Å². The molecule has 0 radical (unpaired) electrons. The molecule has 1 aliphatic rings. The van der Waals surface area contributed by atoms with E-state index < -0.39 is 0 Å². The van der Waals surface area contributed by atoms with Gasteiger partial charge in [-0.05, 0) is 43.3 Å². The van der Waals surface area contributed by atoms with E-state index in [4.69, 9.17) is 23.8 Å². The molecule has 1 saturated carbocycles. The van der Waals surface area contributed by atoms with Crippen molar-refractivity contribution < 1.29 is 0 Å². The molecule has 0 amide bonds. The quantitative estimate of drug-likeness (QED) is 0.836. The average Bonchev–Trinajstić information content (AvgIpc) is 3.07. The third-order valence-electron chi connectivity index (χ3n) is 2.79. The van der Waals surface area contributed by atoms with Gasteiger partial charge in [-0.1, -0.05) is 27.5 Å². The number of rotatable bonds is 2. The summed E-state index contributed by atoms with van der Waals surface area (Å²) in [6, 6.07) is 5.72. The van der Waals surface area contributed by atoms with Gasteiger partial charge in [0.2, 0.25) is 0 Å². The van der Waals surface area contributed by atoms with Crippen LogP contribution < -0.4 is 0 Å². The zero-order valence-corrected chi connectivity index (χ0v) is 11.9. The topological polar surface area (TPSA) is 33.6 Å². The second kappa shape index (κ2) is 4.23. The summed E-state index contributed by atoms with van der Waals surface area (Å²) in [4.78, 5) is 0. The van der Waals surface area contributed by atoms with Gasteiger partial charge in [-0.25, -0.2) is 0 Å². The standard InChI is InChI=1S/C11H9BrClN3S/c12-7-3-4-8(13)9(5-7)16-10(6-1-2-6)14-15-11(16)17/h3-6H,1-2H2,(H,15,17). The Morgan fingerprint density at radius 3 is 2.94 bits per heavy atom. The number of halogens is 2. The van der Waals surface area contributed by atoms with Crippen LogP contribution in [0, 0.1) is 4.77 Å². The zero-order chi connectivity index (χ0) is 12.0. The van der Waals surface area contributed by atoms with Gasteiger partial charge < -0.3 is 0 Å². The van der Waals surface area contributed by atoms with Crippen LogP contribution in [-0.2, 0) is 0 Å². The smallest absolute Gasteiger partial charge is 0.199 e. The van der Waals surface area contributed by atoms with Crippen molar-refractivity contribution in [2.45, 2.75) is 18.8 Å². The fourth-order valence-corrected chi connectivity index (χ4v) is 2.60. The zero-order valence-electron chi connectivity index (χ0n) is 8.78. The third kappa shape index (κ3) is 2.07. The molecule has 0 unspecified atom stereocenters. The van der Waals surface area contributed by atoms with Crippen LogP contribution in [0.15, 0.2) is 22.7 Å². The normalized spacial score (nSPS) is 15.2.